The fourth-order valence-electron chi connectivity index (χ4n) is 2.91. The molecule has 2 rings (SSSR count). The monoisotopic (exact) mass is 324 g/mol. The van der Waals surface area contributed by atoms with Crippen LogP contribution in [-0.2, 0) is 4.74 Å². The van der Waals surface area contributed by atoms with Gasteiger partial charge in [0.25, 0.3) is 0 Å². The summed E-state index contributed by atoms with van der Waals surface area (Å²) >= 11 is 0. The molecule has 1 aliphatic carbocycles. The molecule has 1 saturated carbocycles. The Hall–Kier alpha value is -1.46. The van der Waals surface area contributed by atoms with E-state index in [2.05, 4.69) is 22.5 Å². The van der Waals surface area contributed by atoms with Crippen LogP contribution in [0, 0.1) is 5.92 Å². The molecular formula is C17H32N4O2. The number of ether oxygens (including phenoxy) is 1. The topological polar surface area (TPSA) is 66.0 Å². The smallest absolute Gasteiger partial charge is 0.409 e. The molecule has 1 heterocycles. The summed E-state index contributed by atoms with van der Waals surface area (Å²) < 4.78 is 5.06. The number of carbonyl (C=O) groups is 1. The van der Waals surface area contributed by atoms with Crippen molar-refractivity contribution in [2.24, 2.45) is 10.9 Å². The van der Waals surface area contributed by atoms with Crippen molar-refractivity contribution in [2.45, 2.75) is 58.4 Å². The van der Waals surface area contributed by atoms with Gasteiger partial charge in [-0.3, -0.25) is 4.99 Å². The van der Waals surface area contributed by atoms with Gasteiger partial charge in [-0.25, -0.2) is 4.79 Å². The number of aliphatic imine (C=N–C) groups is 1. The Kier molecular flexibility index (Phi) is 7.49. The number of hydrogen-bond donors (Lipinski definition) is 2. The van der Waals surface area contributed by atoms with Crippen LogP contribution >= 0.6 is 0 Å². The van der Waals surface area contributed by atoms with Crippen molar-refractivity contribution >= 4 is 12.1 Å². The molecule has 0 aromatic carbocycles. The van der Waals surface area contributed by atoms with Crippen LogP contribution in [0.5, 0.6) is 0 Å². The molecule has 1 aliphatic heterocycles. The number of hydrogen-bond acceptors (Lipinski definition) is 3. The maximum Gasteiger partial charge on any atom is 0.409 e. The summed E-state index contributed by atoms with van der Waals surface area (Å²) in [7, 11) is 0. The Bertz CT molecular complexity index is 388. The van der Waals surface area contributed by atoms with Crippen LogP contribution in [0.2, 0.25) is 0 Å². The van der Waals surface area contributed by atoms with Crippen molar-refractivity contribution in [3.8, 4) is 0 Å². The molecule has 0 unspecified atom stereocenters. The van der Waals surface area contributed by atoms with Crippen LogP contribution in [0.15, 0.2) is 4.99 Å². The summed E-state index contributed by atoms with van der Waals surface area (Å²) in [6, 6.07) is 0.377. The predicted molar refractivity (Wildman–Crippen MR) is 92.7 cm³/mol. The number of piperidine rings is 1. The Labute approximate surface area is 140 Å². The normalized spacial score (nSPS) is 19.6. The van der Waals surface area contributed by atoms with Crippen molar-refractivity contribution in [1.29, 1.82) is 0 Å². The fourth-order valence-corrected chi connectivity index (χ4v) is 2.91. The first-order chi connectivity index (χ1) is 11.2. The minimum atomic E-state index is -0.188. The number of nitrogens with one attached hydrogen (secondary N) is 2. The predicted octanol–water partition coefficient (Wildman–Crippen LogP) is 2.35. The van der Waals surface area contributed by atoms with Crippen LogP contribution in [0.25, 0.3) is 0 Å². The lowest BCUT2D eigenvalue weighted by Crippen LogP contribution is -2.49. The molecule has 23 heavy (non-hydrogen) atoms. The molecular weight excluding hydrogens is 292 g/mol. The second-order valence-electron chi connectivity index (χ2n) is 6.45. The average Bonchev–Trinajstić information content (AvgIpc) is 3.37. The molecule has 0 bridgehead atoms. The fraction of sp³-hybridized carbons (Fsp3) is 0.882. The van der Waals surface area contributed by atoms with Crippen LogP contribution in [0.4, 0.5) is 4.79 Å². The van der Waals surface area contributed by atoms with E-state index in [1.807, 2.05) is 6.92 Å². The van der Waals surface area contributed by atoms with E-state index in [-0.39, 0.29) is 6.09 Å². The van der Waals surface area contributed by atoms with Crippen LogP contribution in [-0.4, -0.2) is 55.8 Å². The van der Waals surface area contributed by atoms with E-state index in [0.717, 1.165) is 50.9 Å². The van der Waals surface area contributed by atoms with Gasteiger partial charge in [-0.1, -0.05) is 12.8 Å². The molecule has 1 amide bonds. The number of amides is 1. The zero-order valence-corrected chi connectivity index (χ0v) is 14.6. The van der Waals surface area contributed by atoms with Gasteiger partial charge in [0, 0.05) is 32.2 Å². The number of guanidine groups is 1. The molecule has 6 nitrogen and oxygen atoms in total. The maximum absolute atomic E-state index is 11.7. The van der Waals surface area contributed by atoms with E-state index in [9.17, 15) is 4.79 Å². The Balaban J connectivity index is 1.69. The molecule has 0 atom stereocenters. The van der Waals surface area contributed by atoms with E-state index in [1.165, 1.54) is 25.7 Å². The van der Waals surface area contributed by atoms with Crippen LogP contribution in [0.3, 0.4) is 0 Å². The van der Waals surface area contributed by atoms with Gasteiger partial charge in [-0.2, -0.15) is 0 Å². The number of likely N-dealkylation sites (tertiary alicyclic amines) is 1. The van der Waals surface area contributed by atoms with Gasteiger partial charge in [0.15, 0.2) is 5.96 Å². The quantitative estimate of drug-likeness (QED) is 0.429. The SMILES string of the molecule is CCNC(=NCCCC1CC1)NC1CCN(C(=O)OCC)CC1. The van der Waals surface area contributed by atoms with Gasteiger partial charge < -0.3 is 20.3 Å². The lowest BCUT2D eigenvalue weighted by atomic mass is 10.1. The zero-order chi connectivity index (χ0) is 16.5. The zero-order valence-electron chi connectivity index (χ0n) is 14.6. The van der Waals surface area contributed by atoms with Crippen molar-refractivity contribution in [2.75, 3.05) is 32.8 Å². The molecule has 6 heteroatoms. The van der Waals surface area contributed by atoms with Crippen molar-refractivity contribution in [1.82, 2.24) is 15.5 Å². The van der Waals surface area contributed by atoms with Crippen molar-refractivity contribution < 1.29 is 9.53 Å². The molecule has 2 N–H and O–H groups in total. The van der Waals surface area contributed by atoms with Gasteiger partial charge in [0.1, 0.15) is 0 Å². The minimum absolute atomic E-state index is 0.188. The minimum Gasteiger partial charge on any atom is -0.450 e. The third-order valence-corrected chi connectivity index (χ3v) is 4.44. The van der Waals surface area contributed by atoms with E-state index < -0.39 is 0 Å². The molecule has 2 fully saturated rings. The van der Waals surface area contributed by atoms with E-state index in [4.69, 9.17) is 4.74 Å². The molecule has 1 saturated heterocycles. The molecule has 0 spiro atoms. The molecule has 0 radical (unpaired) electrons. The molecule has 0 aromatic rings. The molecule has 0 aromatic heterocycles. The summed E-state index contributed by atoms with van der Waals surface area (Å²) in [6.45, 7) is 7.63. The first-order valence-corrected chi connectivity index (χ1v) is 9.19. The van der Waals surface area contributed by atoms with Gasteiger partial charge >= 0.3 is 6.09 Å². The summed E-state index contributed by atoms with van der Waals surface area (Å²) in [5, 5.41) is 6.83. The van der Waals surface area contributed by atoms with Gasteiger partial charge in [-0.05, 0) is 45.4 Å². The van der Waals surface area contributed by atoms with Gasteiger partial charge in [0.05, 0.1) is 6.61 Å². The number of carbonyl (C=O) groups excluding carboxylic acids is 1. The highest BCUT2D eigenvalue weighted by Gasteiger charge is 2.24. The molecule has 2 aliphatic rings. The third kappa shape index (κ3) is 6.67. The summed E-state index contributed by atoms with van der Waals surface area (Å²) in [5.41, 5.74) is 0. The Morgan fingerprint density at radius 1 is 1.22 bits per heavy atom. The summed E-state index contributed by atoms with van der Waals surface area (Å²) in [4.78, 5) is 18.2. The first-order valence-electron chi connectivity index (χ1n) is 9.19. The second-order valence-corrected chi connectivity index (χ2v) is 6.45. The van der Waals surface area contributed by atoms with E-state index in [0.29, 0.717) is 12.6 Å². The lowest BCUT2D eigenvalue weighted by molar-refractivity contribution is 0.0963. The van der Waals surface area contributed by atoms with Crippen molar-refractivity contribution in [3.05, 3.63) is 0 Å². The Morgan fingerprint density at radius 3 is 2.57 bits per heavy atom. The first kappa shape index (κ1) is 17.9. The van der Waals surface area contributed by atoms with Crippen LogP contribution in [0.1, 0.15) is 52.4 Å². The number of nitrogens with zero attached hydrogens (tertiary/aromatic N) is 2. The second kappa shape index (κ2) is 9.63. The van der Waals surface area contributed by atoms with Crippen molar-refractivity contribution in [3.63, 3.8) is 0 Å². The van der Waals surface area contributed by atoms with Gasteiger partial charge in [-0.15, -0.1) is 0 Å². The van der Waals surface area contributed by atoms with E-state index >= 15 is 0 Å². The maximum atomic E-state index is 11.7. The third-order valence-electron chi connectivity index (χ3n) is 4.44. The highest BCUT2D eigenvalue weighted by molar-refractivity contribution is 5.80. The number of rotatable bonds is 7. The Morgan fingerprint density at radius 2 is 1.96 bits per heavy atom. The summed E-state index contributed by atoms with van der Waals surface area (Å²) in [5.74, 6) is 1.89. The standard InChI is InChI=1S/C17H32N4O2/c1-3-18-16(19-11-5-6-14-7-8-14)20-15-9-12-21(13-10-15)17(22)23-4-2/h14-15H,3-13H2,1-2H3,(H2,18,19,20). The van der Waals surface area contributed by atoms with Crippen LogP contribution < -0.4 is 10.6 Å². The van der Waals surface area contributed by atoms with Gasteiger partial charge in [0.2, 0.25) is 0 Å². The largest absolute Gasteiger partial charge is 0.450 e. The lowest BCUT2D eigenvalue weighted by Gasteiger charge is -2.32. The summed E-state index contributed by atoms with van der Waals surface area (Å²) in [6.07, 6.45) is 7.02. The molecule has 132 valence electrons. The van der Waals surface area contributed by atoms with E-state index in [1.54, 1.807) is 4.90 Å². The highest BCUT2D eigenvalue weighted by Crippen LogP contribution is 2.33. The highest BCUT2D eigenvalue weighted by atomic mass is 16.6. The average molecular weight is 324 g/mol.